The molecule has 0 heterocycles. The van der Waals surface area contributed by atoms with Crippen molar-refractivity contribution >= 4 is 11.6 Å². The predicted molar refractivity (Wildman–Crippen MR) is 70.7 cm³/mol. The molecule has 2 N–H and O–H groups in total. The zero-order valence-corrected chi connectivity index (χ0v) is 11.4. The van der Waals surface area contributed by atoms with Gasteiger partial charge in [0.15, 0.2) is 0 Å². The van der Waals surface area contributed by atoms with E-state index < -0.39 is 0 Å². The first-order valence-electron chi connectivity index (χ1n) is 5.78. The van der Waals surface area contributed by atoms with E-state index in [2.05, 4.69) is 4.90 Å². The Hall–Kier alpha value is -0.640. The minimum Gasteiger partial charge on any atom is -0.328 e. The van der Waals surface area contributed by atoms with Gasteiger partial charge in [-0.05, 0) is 57.1 Å². The highest BCUT2D eigenvalue weighted by atomic mass is 35.5. The minimum atomic E-state index is -0.204. The number of aryl methyl sites for hydroxylation is 1. The van der Waals surface area contributed by atoms with Crippen molar-refractivity contribution < 1.29 is 4.39 Å². The van der Waals surface area contributed by atoms with Crippen LogP contribution in [0, 0.1) is 12.7 Å². The molecule has 0 aliphatic heterocycles. The van der Waals surface area contributed by atoms with Gasteiger partial charge in [-0.1, -0.05) is 11.6 Å². The van der Waals surface area contributed by atoms with Gasteiger partial charge in [0.1, 0.15) is 5.82 Å². The summed E-state index contributed by atoms with van der Waals surface area (Å²) >= 11 is 6.09. The van der Waals surface area contributed by atoms with Crippen molar-refractivity contribution in [3.05, 3.63) is 34.1 Å². The third-order valence-electron chi connectivity index (χ3n) is 2.73. The molecule has 0 amide bonds. The fourth-order valence-electron chi connectivity index (χ4n) is 1.60. The lowest BCUT2D eigenvalue weighted by Gasteiger charge is -2.19. The summed E-state index contributed by atoms with van der Waals surface area (Å²) in [6.07, 6.45) is 0.919. The molecule has 0 aliphatic rings. The Morgan fingerprint density at radius 2 is 2.12 bits per heavy atom. The van der Waals surface area contributed by atoms with Crippen molar-refractivity contribution in [2.75, 3.05) is 13.6 Å². The Labute approximate surface area is 108 Å². The van der Waals surface area contributed by atoms with Gasteiger partial charge >= 0.3 is 0 Å². The molecule has 2 nitrogen and oxygen atoms in total. The second-order valence-electron chi connectivity index (χ2n) is 4.70. The first-order valence-corrected chi connectivity index (χ1v) is 6.16. The van der Waals surface area contributed by atoms with Crippen LogP contribution in [0.1, 0.15) is 24.5 Å². The number of benzene rings is 1. The normalized spacial score (nSPS) is 13.1. The van der Waals surface area contributed by atoms with Crippen LogP contribution >= 0.6 is 11.6 Å². The molecule has 0 aromatic heterocycles. The summed E-state index contributed by atoms with van der Waals surface area (Å²) in [7, 11) is 1.98. The molecule has 1 unspecified atom stereocenters. The van der Waals surface area contributed by atoms with Gasteiger partial charge in [0, 0.05) is 17.6 Å². The highest BCUT2D eigenvalue weighted by Gasteiger charge is 2.08. The zero-order chi connectivity index (χ0) is 13.0. The van der Waals surface area contributed by atoms with Crippen LogP contribution in [0.5, 0.6) is 0 Å². The van der Waals surface area contributed by atoms with Gasteiger partial charge in [-0.15, -0.1) is 0 Å². The quantitative estimate of drug-likeness (QED) is 0.880. The molecule has 0 saturated carbocycles. The molecule has 4 heteroatoms. The summed E-state index contributed by atoms with van der Waals surface area (Å²) in [6.45, 7) is 5.21. The van der Waals surface area contributed by atoms with Crippen LogP contribution in [0.15, 0.2) is 12.1 Å². The van der Waals surface area contributed by atoms with E-state index in [9.17, 15) is 4.39 Å². The Morgan fingerprint density at radius 3 is 2.71 bits per heavy atom. The van der Waals surface area contributed by atoms with Crippen LogP contribution < -0.4 is 5.73 Å². The van der Waals surface area contributed by atoms with Crippen LogP contribution in [0.25, 0.3) is 0 Å². The molecular formula is C13H20ClFN2. The van der Waals surface area contributed by atoms with Gasteiger partial charge in [0.25, 0.3) is 0 Å². The van der Waals surface area contributed by atoms with E-state index in [1.54, 1.807) is 13.0 Å². The number of nitrogens with two attached hydrogens (primary N) is 1. The van der Waals surface area contributed by atoms with E-state index in [1.807, 2.05) is 14.0 Å². The molecule has 0 saturated heterocycles. The third kappa shape index (κ3) is 4.62. The molecule has 1 aromatic carbocycles. The average molecular weight is 259 g/mol. The lowest BCUT2D eigenvalue weighted by atomic mass is 10.1. The van der Waals surface area contributed by atoms with E-state index >= 15 is 0 Å². The van der Waals surface area contributed by atoms with Gasteiger partial charge in [0.2, 0.25) is 0 Å². The van der Waals surface area contributed by atoms with Crippen molar-refractivity contribution in [1.82, 2.24) is 4.90 Å². The predicted octanol–water partition coefficient (Wildman–Crippen LogP) is 2.96. The van der Waals surface area contributed by atoms with E-state index in [4.69, 9.17) is 17.3 Å². The number of hydrogen-bond acceptors (Lipinski definition) is 2. The molecule has 0 fully saturated rings. The molecule has 1 rings (SSSR count). The molecule has 1 atom stereocenters. The molecule has 0 aliphatic carbocycles. The van der Waals surface area contributed by atoms with E-state index in [0.29, 0.717) is 17.1 Å². The van der Waals surface area contributed by atoms with Crippen molar-refractivity contribution in [1.29, 1.82) is 0 Å². The average Bonchev–Trinajstić information content (AvgIpc) is 2.23. The minimum absolute atomic E-state index is 0.183. The van der Waals surface area contributed by atoms with Gasteiger partial charge in [-0.25, -0.2) is 4.39 Å². The maximum Gasteiger partial charge on any atom is 0.126 e. The lowest BCUT2D eigenvalue weighted by Crippen LogP contribution is -2.25. The standard InChI is InChI=1S/C13H20ClFN2/c1-9-6-12(14)11(7-13(9)15)8-17(3)5-4-10(2)16/h6-7,10H,4-5,8,16H2,1-3H3. The van der Waals surface area contributed by atoms with Gasteiger partial charge < -0.3 is 10.6 Å². The number of nitrogens with zero attached hydrogens (tertiary/aromatic N) is 1. The maximum absolute atomic E-state index is 13.4. The summed E-state index contributed by atoms with van der Waals surface area (Å²) in [4.78, 5) is 2.10. The van der Waals surface area contributed by atoms with E-state index in [1.165, 1.54) is 6.07 Å². The topological polar surface area (TPSA) is 29.3 Å². The number of rotatable bonds is 5. The van der Waals surface area contributed by atoms with Crippen molar-refractivity contribution in [2.45, 2.75) is 32.9 Å². The summed E-state index contributed by atoms with van der Waals surface area (Å²) in [5.41, 5.74) is 7.10. The first kappa shape index (κ1) is 14.4. The molecular weight excluding hydrogens is 239 g/mol. The lowest BCUT2D eigenvalue weighted by molar-refractivity contribution is 0.313. The highest BCUT2D eigenvalue weighted by molar-refractivity contribution is 6.31. The summed E-state index contributed by atoms with van der Waals surface area (Å²) in [5.74, 6) is -0.204. The van der Waals surface area contributed by atoms with E-state index in [-0.39, 0.29) is 11.9 Å². The fourth-order valence-corrected chi connectivity index (χ4v) is 1.88. The number of hydrogen-bond donors (Lipinski definition) is 1. The first-order chi connectivity index (χ1) is 7.90. The van der Waals surface area contributed by atoms with Crippen LogP contribution in [0.2, 0.25) is 5.02 Å². The van der Waals surface area contributed by atoms with Gasteiger partial charge in [0.05, 0.1) is 0 Å². The van der Waals surface area contributed by atoms with Crippen LogP contribution in [0.3, 0.4) is 0 Å². The Balaban J connectivity index is 2.65. The van der Waals surface area contributed by atoms with Crippen molar-refractivity contribution in [2.24, 2.45) is 5.73 Å². The van der Waals surface area contributed by atoms with Crippen molar-refractivity contribution in [3.8, 4) is 0 Å². The Kier molecular flexibility index (Phi) is 5.37. The molecule has 1 aromatic rings. The van der Waals surface area contributed by atoms with Crippen LogP contribution in [-0.2, 0) is 6.54 Å². The molecule has 0 spiro atoms. The van der Waals surface area contributed by atoms with Gasteiger partial charge in [-0.2, -0.15) is 0 Å². The van der Waals surface area contributed by atoms with Gasteiger partial charge in [-0.3, -0.25) is 0 Å². The summed E-state index contributed by atoms with van der Waals surface area (Å²) in [5, 5.41) is 0.622. The van der Waals surface area contributed by atoms with Crippen LogP contribution in [-0.4, -0.2) is 24.5 Å². The molecule has 17 heavy (non-hydrogen) atoms. The fraction of sp³-hybridized carbons (Fsp3) is 0.538. The molecule has 96 valence electrons. The Morgan fingerprint density at radius 1 is 1.47 bits per heavy atom. The van der Waals surface area contributed by atoms with Crippen molar-refractivity contribution in [3.63, 3.8) is 0 Å². The SMILES string of the molecule is Cc1cc(Cl)c(CN(C)CCC(C)N)cc1F. The summed E-state index contributed by atoms with van der Waals surface area (Å²) in [6, 6.07) is 3.37. The largest absolute Gasteiger partial charge is 0.328 e. The maximum atomic E-state index is 13.4. The molecule has 0 bridgehead atoms. The highest BCUT2D eigenvalue weighted by Crippen LogP contribution is 2.21. The molecule has 0 radical (unpaired) electrons. The second kappa shape index (κ2) is 6.34. The monoisotopic (exact) mass is 258 g/mol. The zero-order valence-electron chi connectivity index (χ0n) is 10.6. The summed E-state index contributed by atoms with van der Waals surface area (Å²) < 4.78 is 13.4. The number of halogens is 2. The van der Waals surface area contributed by atoms with E-state index in [0.717, 1.165) is 18.5 Å². The second-order valence-corrected chi connectivity index (χ2v) is 5.10. The Bertz CT molecular complexity index is 380. The smallest absolute Gasteiger partial charge is 0.126 e. The van der Waals surface area contributed by atoms with Crippen LogP contribution in [0.4, 0.5) is 4.39 Å². The third-order valence-corrected chi connectivity index (χ3v) is 3.09.